The number of rotatable bonds is 5. The standard InChI is InChI=1S/C13H12FN3O3/c14-13-9(2-1-3-12(13)17(18)19)8-20-11-5-4-10(6-15)16-7-11/h1-5,7H,6,8,15H2. The van der Waals surface area contributed by atoms with Crippen molar-refractivity contribution in [2.45, 2.75) is 13.2 Å². The van der Waals surface area contributed by atoms with Gasteiger partial charge < -0.3 is 10.5 Å². The molecule has 0 bridgehead atoms. The van der Waals surface area contributed by atoms with Crippen LogP contribution >= 0.6 is 0 Å². The molecule has 104 valence electrons. The lowest BCUT2D eigenvalue weighted by atomic mass is 10.2. The zero-order chi connectivity index (χ0) is 14.5. The third-order valence-electron chi connectivity index (χ3n) is 2.66. The number of nitrogens with zero attached hydrogens (tertiary/aromatic N) is 2. The molecule has 2 aromatic rings. The van der Waals surface area contributed by atoms with Crippen LogP contribution in [0.15, 0.2) is 36.5 Å². The number of aromatic nitrogens is 1. The molecule has 1 heterocycles. The first kappa shape index (κ1) is 13.9. The van der Waals surface area contributed by atoms with Crippen LogP contribution in [0.3, 0.4) is 0 Å². The largest absolute Gasteiger partial charge is 0.487 e. The van der Waals surface area contributed by atoms with E-state index in [-0.39, 0.29) is 12.2 Å². The van der Waals surface area contributed by atoms with Crippen molar-refractivity contribution in [3.8, 4) is 5.75 Å². The minimum atomic E-state index is -0.885. The first-order valence-corrected chi connectivity index (χ1v) is 5.81. The molecule has 20 heavy (non-hydrogen) atoms. The van der Waals surface area contributed by atoms with E-state index in [4.69, 9.17) is 10.5 Å². The maximum absolute atomic E-state index is 13.8. The van der Waals surface area contributed by atoms with E-state index in [0.29, 0.717) is 18.0 Å². The quantitative estimate of drug-likeness (QED) is 0.668. The van der Waals surface area contributed by atoms with E-state index in [9.17, 15) is 14.5 Å². The van der Waals surface area contributed by atoms with Crippen LogP contribution in [0.1, 0.15) is 11.3 Å². The third-order valence-corrected chi connectivity index (χ3v) is 2.66. The number of benzene rings is 1. The van der Waals surface area contributed by atoms with Gasteiger partial charge in [0.1, 0.15) is 12.4 Å². The molecule has 0 saturated heterocycles. The highest BCUT2D eigenvalue weighted by Crippen LogP contribution is 2.21. The van der Waals surface area contributed by atoms with E-state index in [2.05, 4.69) is 4.98 Å². The predicted molar refractivity (Wildman–Crippen MR) is 69.5 cm³/mol. The summed E-state index contributed by atoms with van der Waals surface area (Å²) in [6.07, 6.45) is 1.47. The fraction of sp³-hybridized carbons (Fsp3) is 0.154. The van der Waals surface area contributed by atoms with Gasteiger partial charge in [-0.25, -0.2) is 0 Å². The fourth-order valence-corrected chi connectivity index (χ4v) is 1.60. The van der Waals surface area contributed by atoms with Gasteiger partial charge in [0.15, 0.2) is 0 Å². The summed E-state index contributed by atoms with van der Waals surface area (Å²) in [7, 11) is 0. The van der Waals surface area contributed by atoms with Crippen LogP contribution in [-0.2, 0) is 13.2 Å². The molecule has 0 aliphatic carbocycles. The smallest absolute Gasteiger partial charge is 0.305 e. The predicted octanol–water partition coefficient (Wildman–Crippen LogP) is 2.17. The normalized spacial score (nSPS) is 10.3. The summed E-state index contributed by atoms with van der Waals surface area (Å²) < 4.78 is 19.1. The number of hydrogen-bond donors (Lipinski definition) is 1. The highest BCUT2D eigenvalue weighted by Gasteiger charge is 2.17. The minimum absolute atomic E-state index is 0.113. The number of hydrogen-bond acceptors (Lipinski definition) is 5. The molecule has 1 aromatic heterocycles. The zero-order valence-electron chi connectivity index (χ0n) is 10.5. The maximum Gasteiger partial charge on any atom is 0.305 e. The molecular weight excluding hydrogens is 265 g/mol. The molecule has 1 aromatic carbocycles. The molecule has 0 saturated carbocycles. The Morgan fingerprint density at radius 2 is 2.15 bits per heavy atom. The third kappa shape index (κ3) is 3.07. The van der Waals surface area contributed by atoms with E-state index >= 15 is 0 Å². The maximum atomic E-state index is 13.8. The van der Waals surface area contributed by atoms with Crippen molar-refractivity contribution in [3.05, 3.63) is 63.7 Å². The average molecular weight is 277 g/mol. The van der Waals surface area contributed by atoms with Gasteiger partial charge in [0.25, 0.3) is 0 Å². The summed E-state index contributed by atoms with van der Waals surface area (Å²) in [5, 5.41) is 10.6. The van der Waals surface area contributed by atoms with Gasteiger partial charge in [-0.05, 0) is 12.1 Å². The van der Waals surface area contributed by atoms with Crippen LogP contribution in [0.25, 0.3) is 0 Å². The summed E-state index contributed by atoms with van der Waals surface area (Å²) in [6.45, 7) is 0.205. The lowest BCUT2D eigenvalue weighted by Gasteiger charge is -2.07. The molecule has 0 amide bonds. The topological polar surface area (TPSA) is 91.3 Å². The van der Waals surface area contributed by atoms with Crippen LogP contribution in [-0.4, -0.2) is 9.91 Å². The number of nitrogens with two attached hydrogens (primary N) is 1. The Hall–Kier alpha value is -2.54. The van der Waals surface area contributed by atoms with Crippen molar-refractivity contribution in [2.24, 2.45) is 5.73 Å². The van der Waals surface area contributed by atoms with Crippen LogP contribution in [0, 0.1) is 15.9 Å². The molecule has 2 N–H and O–H groups in total. The van der Waals surface area contributed by atoms with E-state index < -0.39 is 16.4 Å². The van der Waals surface area contributed by atoms with Gasteiger partial charge in [0.05, 0.1) is 16.8 Å². The van der Waals surface area contributed by atoms with E-state index in [1.165, 1.54) is 18.3 Å². The summed E-state index contributed by atoms with van der Waals surface area (Å²) in [4.78, 5) is 13.9. The Kier molecular flexibility index (Phi) is 4.21. The number of pyridine rings is 1. The Balaban J connectivity index is 2.10. The van der Waals surface area contributed by atoms with Crippen molar-refractivity contribution < 1.29 is 14.1 Å². The van der Waals surface area contributed by atoms with Gasteiger partial charge in [-0.1, -0.05) is 12.1 Å². The van der Waals surface area contributed by atoms with Gasteiger partial charge in [0.2, 0.25) is 5.82 Å². The van der Waals surface area contributed by atoms with Crippen LogP contribution in [0.2, 0.25) is 0 Å². The lowest BCUT2D eigenvalue weighted by molar-refractivity contribution is -0.387. The molecule has 0 aliphatic heterocycles. The monoisotopic (exact) mass is 277 g/mol. The van der Waals surface area contributed by atoms with Gasteiger partial charge in [-0.3, -0.25) is 15.1 Å². The molecule has 0 fully saturated rings. The molecule has 0 spiro atoms. The number of nitro benzene ring substituents is 1. The zero-order valence-corrected chi connectivity index (χ0v) is 10.5. The Bertz CT molecular complexity index is 617. The Morgan fingerprint density at radius 3 is 2.75 bits per heavy atom. The fourth-order valence-electron chi connectivity index (χ4n) is 1.60. The molecule has 0 aliphatic rings. The molecular formula is C13H12FN3O3. The van der Waals surface area contributed by atoms with Gasteiger partial charge >= 0.3 is 5.69 Å². The highest BCUT2D eigenvalue weighted by atomic mass is 19.1. The minimum Gasteiger partial charge on any atom is -0.487 e. The summed E-state index contributed by atoms with van der Waals surface area (Å²) in [5.74, 6) is -0.447. The van der Waals surface area contributed by atoms with E-state index in [1.54, 1.807) is 12.1 Å². The SMILES string of the molecule is NCc1ccc(OCc2cccc([N+](=O)[O-])c2F)cn1. The number of nitro groups is 1. The van der Waals surface area contributed by atoms with Crippen molar-refractivity contribution in [1.82, 2.24) is 4.98 Å². The van der Waals surface area contributed by atoms with Crippen molar-refractivity contribution >= 4 is 5.69 Å². The van der Waals surface area contributed by atoms with Crippen molar-refractivity contribution in [1.29, 1.82) is 0 Å². The Labute approximate surface area is 114 Å². The van der Waals surface area contributed by atoms with Gasteiger partial charge in [-0.2, -0.15) is 4.39 Å². The number of ether oxygens (including phenoxy) is 1. The highest BCUT2D eigenvalue weighted by molar-refractivity contribution is 5.36. The lowest BCUT2D eigenvalue weighted by Crippen LogP contribution is -2.03. The second-order valence-corrected chi connectivity index (χ2v) is 3.99. The molecule has 0 unspecified atom stereocenters. The molecule has 0 radical (unpaired) electrons. The summed E-state index contributed by atoms with van der Waals surface area (Å²) in [5.41, 5.74) is 5.67. The van der Waals surface area contributed by atoms with Crippen molar-refractivity contribution in [2.75, 3.05) is 0 Å². The second-order valence-electron chi connectivity index (χ2n) is 3.99. The number of halogens is 1. The van der Waals surface area contributed by atoms with Crippen molar-refractivity contribution in [3.63, 3.8) is 0 Å². The first-order valence-electron chi connectivity index (χ1n) is 5.81. The molecule has 0 atom stereocenters. The summed E-state index contributed by atoms with van der Waals surface area (Å²) in [6, 6.07) is 7.31. The molecule has 6 nitrogen and oxygen atoms in total. The van der Waals surface area contributed by atoms with Gasteiger partial charge in [-0.15, -0.1) is 0 Å². The Morgan fingerprint density at radius 1 is 1.35 bits per heavy atom. The van der Waals surface area contributed by atoms with Crippen LogP contribution in [0.4, 0.5) is 10.1 Å². The molecule has 7 heteroatoms. The van der Waals surface area contributed by atoms with Crippen LogP contribution in [0.5, 0.6) is 5.75 Å². The molecule has 2 rings (SSSR count). The van der Waals surface area contributed by atoms with E-state index in [0.717, 1.165) is 6.07 Å². The van der Waals surface area contributed by atoms with Crippen LogP contribution < -0.4 is 10.5 Å². The summed E-state index contributed by atoms with van der Waals surface area (Å²) >= 11 is 0. The average Bonchev–Trinajstić information content (AvgIpc) is 2.46. The van der Waals surface area contributed by atoms with E-state index in [1.807, 2.05) is 0 Å². The second kappa shape index (κ2) is 6.07. The van der Waals surface area contributed by atoms with Gasteiger partial charge in [0, 0.05) is 18.2 Å². The first-order chi connectivity index (χ1) is 9.61.